The molecule has 7 nitrogen and oxygen atoms in total. The van der Waals surface area contributed by atoms with Gasteiger partial charge >= 0.3 is 0 Å². The zero-order valence-corrected chi connectivity index (χ0v) is 13.2. The summed E-state index contributed by atoms with van der Waals surface area (Å²) in [6.07, 6.45) is 1.76. The molecule has 0 radical (unpaired) electrons. The van der Waals surface area contributed by atoms with Gasteiger partial charge in [0, 0.05) is 24.9 Å². The van der Waals surface area contributed by atoms with Crippen LogP contribution in [0.5, 0.6) is 5.75 Å². The van der Waals surface area contributed by atoms with Crippen LogP contribution in [0.2, 0.25) is 0 Å². The summed E-state index contributed by atoms with van der Waals surface area (Å²) < 4.78 is 5.69. The van der Waals surface area contributed by atoms with Crippen LogP contribution in [0.1, 0.15) is 17.8 Å². The summed E-state index contributed by atoms with van der Waals surface area (Å²) >= 11 is 0. The number of aromatic amines is 1. The Morgan fingerprint density at radius 2 is 2.25 bits per heavy atom. The van der Waals surface area contributed by atoms with Crippen molar-refractivity contribution >= 4 is 11.7 Å². The lowest BCUT2D eigenvalue weighted by atomic mass is 9.96. The number of rotatable bonds is 4. The van der Waals surface area contributed by atoms with Gasteiger partial charge in [0.05, 0.1) is 6.61 Å². The molecule has 0 spiro atoms. The fraction of sp³-hybridized carbons (Fsp3) is 0.353. The maximum atomic E-state index is 12.4. The number of fused-ring (bicyclic) bond motifs is 1. The number of nitrogens with one attached hydrogen (secondary N) is 2. The van der Waals surface area contributed by atoms with Crippen LogP contribution in [0.15, 0.2) is 35.1 Å². The maximum absolute atomic E-state index is 12.4. The number of nitrogen functional groups attached to an aromatic ring is 1. The molecule has 1 aliphatic rings. The van der Waals surface area contributed by atoms with Crippen molar-refractivity contribution in [2.75, 3.05) is 18.9 Å². The minimum absolute atomic E-state index is 0.0125. The van der Waals surface area contributed by atoms with Gasteiger partial charge < -0.3 is 20.8 Å². The SMILES string of the molecule is Nc1cc(=O)[nH]c(CCNC(=O)C2CCOc3ccccc3C2)n1. The van der Waals surface area contributed by atoms with Crippen LogP contribution in [0.25, 0.3) is 0 Å². The molecule has 0 saturated carbocycles. The highest BCUT2D eigenvalue weighted by Crippen LogP contribution is 2.26. The van der Waals surface area contributed by atoms with Crippen molar-refractivity contribution in [1.82, 2.24) is 15.3 Å². The van der Waals surface area contributed by atoms with E-state index in [0.717, 1.165) is 11.3 Å². The molecule has 1 atom stereocenters. The molecule has 3 rings (SSSR count). The zero-order chi connectivity index (χ0) is 16.9. The summed E-state index contributed by atoms with van der Waals surface area (Å²) in [5.74, 6) is 1.37. The second kappa shape index (κ2) is 7.16. The van der Waals surface area contributed by atoms with E-state index >= 15 is 0 Å². The predicted molar refractivity (Wildman–Crippen MR) is 89.7 cm³/mol. The molecule has 24 heavy (non-hydrogen) atoms. The van der Waals surface area contributed by atoms with E-state index in [9.17, 15) is 9.59 Å². The average Bonchev–Trinajstić information content (AvgIpc) is 2.76. The molecule has 0 saturated heterocycles. The standard InChI is InChI=1S/C17H20N4O3/c18-14-10-16(22)21-15(20-14)5-7-19-17(23)12-6-8-24-13-4-2-1-3-11(13)9-12/h1-4,10,12H,5-9H2,(H,19,23)(H3,18,20,21,22). The Bertz CT molecular complexity index is 787. The Hall–Kier alpha value is -2.83. The highest BCUT2D eigenvalue weighted by Gasteiger charge is 2.23. The van der Waals surface area contributed by atoms with Crippen molar-refractivity contribution in [3.63, 3.8) is 0 Å². The van der Waals surface area contributed by atoms with Crippen molar-refractivity contribution in [2.24, 2.45) is 5.92 Å². The molecule has 1 unspecified atom stereocenters. The van der Waals surface area contributed by atoms with E-state index in [1.54, 1.807) is 0 Å². The third-order valence-electron chi connectivity index (χ3n) is 4.01. The van der Waals surface area contributed by atoms with E-state index in [1.165, 1.54) is 6.07 Å². The number of para-hydroxylation sites is 1. The van der Waals surface area contributed by atoms with Crippen molar-refractivity contribution in [3.05, 3.63) is 52.1 Å². The van der Waals surface area contributed by atoms with Gasteiger partial charge in [0.15, 0.2) is 0 Å². The first-order valence-electron chi connectivity index (χ1n) is 7.96. The van der Waals surface area contributed by atoms with Gasteiger partial charge in [-0.05, 0) is 24.5 Å². The second-order valence-corrected chi connectivity index (χ2v) is 5.80. The molecular weight excluding hydrogens is 308 g/mol. The zero-order valence-electron chi connectivity index (χ0n) is 13.2. The molecule has 2 aromatic rings. The number of aromatic nitrogens is 2. The number of amides is 1. The number of nitrogens with two attached hydrogens (primary N) is 1. The largest absolute Gasteiger partial charge is 0.493 e. The first-order valence-corrected chi connectivity index (χ1v) is 7.96. The maximum Gasteiger partial charge on any atom is 0.252 e. The Morgan fingerprint density at radius 3 is 3.08 bits per heavy atom. The molecular formula is C17H20N4O3. The Morgan fingerprint density at radius 1 is 1.42 bits per heavy atom. The molecule has 1 amide bonds. The number of hydrogen-bond acceptors (Lipinski definition) is 5. The van der Waals surface area contributed by atoms with Gasteiger partial charge in [0.25, 0.3) is 5.56 Å². The molecule has 0 fully saturated rings. The molecule has 1 aromatic carbocycles. The highest BCUT2D eigenvalue weighted by atomic mass is 16.5. The third kappa shape index (κ3) is 3.92. The molecule has 7 heteroatoms. The molecule has 2 heterocycles. The lowest BCUT2D eigenvalue weighted by Crippen LogP contribution is -2.34. The van der Waals surface area contributed by atoms with Gasteiger partial charge in [0.2, 0.25) is 5.91 Å². The molecule has 1 aromatic heterocycles. The van der Waals surface area contributed by atoms with Gasteiger partial charge in [-0.25, -0.2) is 4.98 Å². The lowest BCUT2D eigenvalue weighted by molar-refractivity contribution is -0.125. The van der Waals surface area contributed by atoms with Crippen LogP contribution in [-0.4, -0.2) is 29.0 Å². The number of ether oxygens (including phenoxy) is 1. The van der Waals surface area contributed by atoms with Crippen molar-refractivity contribution in [1.29, 1.82) is 0 Å². The lowest BCUT2D eigenvalue weighted by Gasteiger charge is -2.13. The van der Waals surface area contributed by atoms with E-state index in [1.807, 2.05) is 24.3 Å². The monoisotopic (exact) mass is 328 g/mol. The second-order valence-electron chi connectivity index (χ2n) is 5.80. The van der Waals surface area contributed by atoms with E-state index in [4.69, 9.17) is 10.5 Å². The molecule has 126 valence electrons. The minimum Gasteiger partial charge on any atom is -0.493 e. The Kier molecular flexibility index (Phi) is 4.79. The van der Waals surface area contributed by atoms with Gasteiger partial charge in [-0.15, -0.1) is 0 Å². The fourth-order valence-corrected chi connectivity index (χ4v) is 2.81. The number of carbonyl (C=O) groups excluding carboxylic acids is 1. The topological polar surface area (TPSA) is 110 Å². The average molecular weight is 328 g/mol. The summed E-state index contributed by atoms with van der Waals surface area (Å²) in [6.45, 7) is 0.920. The van der Waals surface area contributed by atoms with Gasteiger partial charge in [-0.3, -0.25) is 9.59 Å². The number of benzene rings is 1. The van der Waals surface area contributed by atoms with Crippen LogP contribution in [0.4, 0.5) is 5.82 Å². The van der Waals surface area contributed by atoms with E-state index in [-0.39, 0.29) is 23.2 Å². The smallest absolute Gasteiger partial charge is 0.252 e. The van der Waals surface area contributed by atoms with Crippen molar-refractivity contribution < 1.29 is 9.53 Å². The summed E-state index contributed by atoms with van der Waals surface area (Å²) in [6, 6.07) is 9.02. The number of nitrogens with zero attached hydrogens (tertiary/aromatic N) is 1. The van der Waals surface area contributed by atoms with Gasteiger partial charge in [-0.2, -0.15) is 0 Å². The normalized spacial score (nSPS) is 16.6. The fourth-order valence-electron chi connectivity index (χ4n) is 2.81. The first kappa shape index (κ1) is 16.0. The van der Waals surface area contributed by atoms with Gasteiger partial charge in [-0.1, -0.05) is 18.2 Å². The van der Waals surface area contributed by atoms with E-state index < -0.39 is 0 Å². The van der Waals surface area contributed by atoms with Crippen LogP contribution in [0.3, 0.4) is 0 Å². The van der Waals surface area contributed by atoms with Crippen LogP contribution < -0.4 is 21.3 Å². The van der Waals surface area contributed by atoms with Crippen LogP contribution in [0, 0.1) is 5.92 Å². The number of hydrogen-bond donors (Lipinski definition) is 3. The molecule has 1 aliphatic heterocycles. The number of carbonyl (C=O) groups is 1. The Balaban J connectivity index is 1.56. The predicted octanol–water partition coefficient (Wildman–Crippen LogP) is 0.652. The van der Waals surface area contributed by atoms with Crippen LogP contribution in [-0.2, 0) is 17.6 Å². The minimum atomic E-state index is -0.290. The molecule has 0 bridgehead atoms. The Labute approximate surface area is 139 Å². The quantitative estimate of drug-likeness (QED) is 0.763. The molecule has 0 aliphatic carbocycles. The van der Waals surface area contributed by atoms with E-state index in [0.29, 0.717) is 38.2 Å². The highest BCUT2D eigenvalue weighted by molar-refractivity contribution is 5.79. The number of anilines is 1. The van der Waals surface area contributed by atoms with Crippen LogP contribution >= 0.6 is 0 Å². The summed E-state index contributed by atoms with van der Waals surface area (Å²) in [4.78, 5) is 30.4. The van der Waals surface area contributed by atoms with E-state index in [2.05, 4.69) is 15.3 Å². The van der Waals surface area contributed by atoms with Crippen molar-refractivity contribution in [3.8, 4) is 5.75 Å². The molecule has 4 N–H and O–H groups in total. The van der Waals surface area contributed by atoms with Crippen molar-refractivity contribution in [2.45, 2.75) is 19.3 Å². The summed E-state index contributed by atoms with van der Waals surface area (Å²) in [5.41, 5.74) is 6.30. The number of H-pyrrole nitrogens is 1. The van der Waals surface area contributed by atoms with Gasteiger partial charge in [0.1, 0.15) is 17.4 Å². The third-order valence-corrected chi connectivity index (χ3v) is 4.01. The summed E-state index contributed by atoms with van der Waals surface area (Å²) in [7, 11) is 0. The first-order chi connectivity index (χ1) is 11.6. The summed E-state index contributed by atoms with van der Waals surface area (Å²) in [5, 5.41) is 2.90.